The number of aromatic hydroxyl groups is 5. The molecule has 0 heterocycles. The van der Waals surface area contributed by atoms with Crippen LogP contribution in [0.15, 0.2) is 66.4 Å². The third-order valence-electron chi connectivity index (χ3n) is 5.29. The second-order valence-corrected chi connectivity index (χ2v) is 8.20. The molecule has 0 aromatic heterocycles. The topological polar surface area (TPSA) is 200 Å². The number of rotatable bonds is 10. The van der Waals surface area contributed by atoms with Gasteiger partial charge in [0.15, 0.2) is 34.5 Å². The highest BCUT2D eigenvalue weighted by molar-refractivity contribution is 5.92. The third kappa shape index (κ3) is 7.68. The average molecular weight is 552 g/mol. The zero-order valence-corrected chi connectivity index (χ0v) is 20.8. The highest BCUT2D eigenvalue weighted by Crippen LogP contribution is 2.31. The molecule has 1 atom stereocenters. The summed E-state index contributed by atoms with van der Waals surface area (Å²) in [6.45, 7) is 0. The number of methoxy groups -OCH3 is 1. The molecule has 12 nitrogen and oxygen atoms in total. The van der Waals surface area contributed by atoms with Crippen LogP contribution < -0.4 is 4.74 Å². The van der Waals surface area contributed by atoms with Crippen molar-refractivity contribution in [1.82, 2.24) is 0 Å². The number of phenols is 5. The van der Waals surface area contributed by atoms with Crippen LogP contribution >= 0.6 is 0 Å². The lowest BCUT2D eigenvalue weighted by Crippen LogP contribution is -2.28. The standard InChI is InChI=1S/C28H24O12/c1-38-28(37)25(14-17-4-7-19(30)22(33)11-17)39-23-12-15(2-8-20(23)31)5-9-26(34)40-24(27(35)36)13-16-3-6-18(29)21(32)10-16/h2-12,14,24,29-33H,13H2,1H3,(H,35,36)/b9-5+,25-14-/t24-/m1/s1. The summed E-state index contributed by atoms with van der Waals surface area (Å²) >= 11 is 0. The van der Waals surface area contributed by atoms with E-state index in [1.165, 1.54) is 60.7 Å². The first kappa shape index (κ1) is 28.9. The summed E-state index contributed by atoms with van der Waals surface area (Å²) in [5, 5.41) is 57.8. The van der Waals surface area contributed by atoms with Crippen LogP contribution in [0.1, 0.15) is 16.7 Å². The molecule has 0 radical (unpaired) electrons. The fourth-order valence-electron chi connectivity index (χ4n) is 3.28. The molecule has 208 valence electrons. The molecule has 0 aliphatic carbocycles. The van der Waals surface area contributed by atoms with Crippen LogP contribution in [0.25, 0.3) is 12.2 Å². The normalized spacial score (nSPS) is 12.1. The van der Waals surface area contributed by atoms with Gasteiger partial charge in [-0.2, -0.15) is 0 Å². The first-order valence-electron chi connectivity index (χ1n) is 11.4. The molecule has 40 heavy (non-hydrogen) atoms. The maximum Gasteiger partial charge on any atom is 0.373 e. The molecule has 0 saturated carbocycles. The number of aliphatic carboxylic acids is 1. The van der Waals surface area contributed by atoms with E-state index < -0.39 is 35.5 Å². The van der Waals surface area contributed by atoms with E-state index in [1.54, 1.807) is 0 Å². The Hall–Kier alpha value is -5.65. The van der Waals surface area contributed by atoms with E-state index in [1.807, 2.05) is 0 Å². The molecule has 12 heteroatoms. The Morgan fingerprint density at radius 3 is 2.05 bits per heavy atom. The number of hydrogen-bond acceptors (Lipinski definition) is 11. The van der Waals surface area contributed by atoms with E-state index in [0.717, 1.165) is 19.3 Å². The molecule has 0 aliphatic rings. The highest BCUT2D eigenvalue weighted by atomic mass is 16.6. The summed E-state index contributed by atoms with van der Waals surface area (Å²) in [7, 11) is 1.10. The van der Waals surface area contributed by atoms with Crippen LogP contribution in [0.3, 0.4) is 0 Å². The van der Waals surface area contributed by atoms with Gasteiger partial charge in [0, 0.05) is 12.5 Å². The fraction of sp³-hybridized carbons (Fsp3) is 0.107. The first-order chi connectivity index (χ1) is 19.0. The second-order valence-electron chi connectivity index (χ2n) is 8.20. The molecule has 0 aliphatic heterocycles. The number of ether oxygens (including phenoxy) is 3. The Morgan fingerprint density at radius 1 is 0.800 bits per heavy atom. The number of benzene rings is 3. The van der Waals surface area contributed by atoms with Gasteiger partial charge in [-0.05, 0) is 65.2 Å². The monoisotopic (exact) mass is 552 g/mol. The van der Waals surface area contributed by atoms with Crippen LogP contribution in [0.5, 0.6) is 34.5 Å². The van der Waals surface area contributed by atoms with Gasteiger partial charge in [0.2, 0.25) is 11.9 Å². The Kier molecular flexibility index (Phi) is 9.21. The minimum Gasteiger partial charge on any atom is -0.504 e. The summed E-state index contributed by atoms with van der Waals surface area (Å²) in [6.07, 6.45) is 1.52. The highest BCUT2D eigenvalue weighted by Gasteiger charge is 2.22. The summed E-state index contributed by atoms with van der Waals surface area (Å²) in [6, 6.07) is 11.3. The summed E-state index contributed by atoms with van der Waals surface area (Å²) in [4.78, 5) is 36.1. The van der Waals surface area contributed by atoms with Gasteiger partial charge in [-0.1, -0.05) is 18.2 Å². The van der Waals surface area contributed by atoms with Crippen LogP contribution in [0.4, 0.5) is 0 Å². The van der Waals surface area contributed by atoms with Crippen LogP contribution in [-0.2, 0) is 30.3 Å². The van der Waals surface area contributed by atoms with Crippen molar-refractivity contribution in [3.63, 3.8) is 0 Å². The molecule has 0 saturated heterocycles. The van der Waals surface area contributed by atoms with Gasteiger partial charge in [0.05, 0.1) is 7.11 Å². The molecular weight excluding hydrogens is 528 g/mol. The minimum absolute atomic E-state index is 0.203. The molecule has 3 aromatic carbocycles. The predicted molar refractivity (Wildman–Crippen MR) is 139 cm³/mol. The van der Waals surface area contributed by atoms with E-state index in [0.29, 0.717) is 11.1 Å². The Labute approximate surface area is 226 Å². The molecule has 3 rings (SSSR count). The minimum atomic E-state index is -1.59. The fourth-order valence-corrected chi connectivity index (χ4v) is 3.28. The summed E-state index contributed by atoms with van der Waals surface area (Å²) < 4.78 is 15.2. The van der Waals surface area contributed by atoms with Crippen LogP contribution in [0.2, 0.25) is 0 Å². The number of hydrogen-bond donors (Lipinski definition) is 6. The van der Waals surface area contributed by atoms with E-state index in [-0.39, 0.29) is 40.7 Å². The van der Waals surface area contributed by atoms with Gasteiger partial charge in [0.1, 0.15) is 0 Å². The molecule has 0 bridgehead atoms. The van der Waals surface area contributed by atoms with E-state index in [2.05, 4.69) is 0 Å². The molecule has 0 fully saturated rings. The molecule has 0 unspecified atom stereocenters. The number of esters is 2. The van der Waals surface area contributed by atoms with Gasteiger partial charge in [0.25, 0.3) is 0 Å². The molecular formula is C28H24O12. The molecule has 3 aromatic rings. The Bertz CT molecular complexity index is 1490. The third-order valence-corrected chi connectivity index (χ3v) is 5.29. The number of phenolic OH excluding ortho intramolecular Hbond substituents is 5. The van der Waals surface area contributed by atoms with Crippen molar-refractivity contribution < 1.29 is 59.2 Å². The van der Waals surface area contributed by atoms with Crippen molar-refractivity contribution in [3.05, 3.63) is 83.1 Å². The smallest absolute Gasteiger partial charge is 0.373 e. The Balaban J connectivity index is 1.76. The van der Waals surface area contributed by atoms with Crippen LogP contribution in [0, 0.1) is 0 Å². The van der Waals surface area contributed by atoms with Crippen molar-refractivity contribution in [2.24, 2.45) is 0 Å². The molecule has 0 amide bonds. The zero-order valence-electron chi connectivity index (χ0n) is 20.8. The van der Waals surface area contributed by atoms with E-state index >= 15 is 0 Å². The summed E-state index contributed by atoms with van der Waals surface area (Å²) in [5.74, 6) is -5.96. The van der Waals surface area contributed by atoms with Gasteiger partial charge in [-0.3, -0.25) is 0 Å². The Morgan fingerprint density at radius 2 is 1.43 bits per heavy atom. The van der Waals surface area contributed by atoms with Gasteiger partial charge >= 0.3 is 17.9 Å². The number of carbonyl (C=O) groups excluding carboxylic acids is 2. The quantitative estimate of drug-likeness (QED) is 0.0931. The number of carboxylic acid groups (broad SMARTS) is 1. The van der Waals surface area contributed by atoms with Crippen molar-refractivity contribution in [2.75, 3.05) is 7.11 Å². The number of carboxylic acids is 1. The van der Waals surface area contributed by atoms with Crippen LogP contribution in [-0.4, -0.2) is 61.8 Å². The maximum absolute atomic E-state index is 12.3. The van der Waals surface area contributed by atoms with Crippen molar-refractivity contribution in [3.8, 4) is 34.5 Å². The lowest BCUT2D eigenvalue weighted by Gasteiger charge is -2.13. The molecule has 0 spiro atoms. The zero-order chi connectivity index (χ0) is 29.4. The molecule has 6 N–H and O–H groups in total. The maximum atomic E-state index is 12.3. The van der Waals surface area contributed by atoms with E-state index in [4.69, 9.17) is 14.2 Å². The summed E-state index contributed by atoms with van der Waals surface area (Å²) in [5.41, 5.74) is 0.868. The average Bonchev–Trinajstić information content (AvgIpc) is 2.91. The van der Waals surface area contributed by atoms with Crippen molar-refractivity contribution in [2.45, 2.75) is 12.5 Å². The van der Waals surface area contributed by atoms with Crippen molar-refractivity contribution >= 4 is 30.1 Å². The second kappa shape index (κ2) is 12.7. The van der Waals surface area contributed by atoms with E-state index in [9.17, 15) is 45.0 Å². The first-order valence-corrected chi connectivity index (χ1v) is 11.4. The van der Waals surface area contributed by atoms with Crippen molar-refractivity contribution in [1.29, 1.82) is 0 Å². The predicted octanol–water partition coefficient (Wildman–Crippen LogP) is 3.06. The lowest BCUT2D eigenvalue weighted by molar-refractivity contribution is -0.160. The lowest BCUT2D eigenvalue weighted by atomic mass is 10.1. The van der Waals surface area contributed by atoms with Gasteiger partial charge < -0.3 is 44.8 Å². The number of carbonyl (C=O) groups is 3. The van der Waals surface area contributed by atoms with Gasteiger partial charge in [-0.25, -0.2) is 14.4 Å². The SMILES string of the molecule is COC(=O)/C(=C/c1ccc(O)c(O)c1)Oc1cc(/C=C/C(=O)O[C@H](Cc2ccc(O)c(O)c2)C(=O)O)ccc1O. The largest absolute Gasteiger partial charge is 0.504 e. The van der Waals surface area contributed by atoms with Gasteiger partial charge in [-0.15, -0.1) is 0 Å².